The first kappa shape index (κ1) is 14.0. The van der Waals surface area contributed by atoms with Gasteiger partial charge in [0.15, 0.2) is 11.0 Å². The molecule has 7 heteroatoms. The van der Waals surface area contributed by atoms with E-state index in [1.165, 1.54) is 0 Å². The lowest BCUT2D eigenvalue weighted by molar-refractivity contribution is -0.133. The number of ether oxygens (including phenoxy) is 1. The highest BCUT2D eigenvalue weighted by molar-refractivity contribution is 6.31. The van der Waals surface area contributed by atoms with E-state index in [1.54, 1.807) is 4.90 Å². The van der Waals surface area contributed by atoms with Gasteiger partial charge in [-0.2, -0.15) is 0 Å². The number of rotatable bonds is 3. The first-order valence-electron chi connectivity index (χ1n) is 6.18. The molecule has 0 aliphatic carbocycles. The number of amides is 1. The standard InChI is InChI=1S/C12H17ClN4O2/c1-8-9(2)16-12(11(13)15-8)14-7-10(18)17-3-5-19-6-4-17/h3-7H2,1-2H3,(H,14,16). The topological polar surface area (TPSA) is 67.4 Å². The second kappa shape index (κ2) is 6.16. The molecule has 2 heterocycles. The molecular weight excluding hydrogens is 268 g/mol. The Morgan fingerprint density at radius 1 is 1.32 bits per heavy atom. The van der Waals surface area contributed by atoms with Gasteiger partial charge in [0.2, 0.25) is 5.91 Å². The van der Waals surface area contributed by atoms with E-state index in [-0.39, 0.29) is 17.6 Å². The highest BCUT2D eigenvalue weighted by Gasteiger charge is 2.17. The first-order chi connectivity index (χ1) is 9.08. The van der Waals surface area contributed by atoms with E-state index in [1.807, 2.05) is 13.8 Å². The predicted octanol–water partition coefficient (Wildman–Crippen LogP) is 1.02. The van der Waals surface area contributed by atoms with Crippen molar-refractivity contribution in [3.8, 4) is 0 Å². The maximum Gasteiger partial charge on any atom is 0.242 e. The summed E-state index contributed by atoms with van der Waals surface area (Å²) < 4.78 is 5.20. The highest BCUT2D eigenvalue weighted by Crippen LogP contribution is 2.18. The van der Waals surface area contributed by atoms with E-state index in [4.69, 9.17) is 16.3 Å². The maximum absolute atomic E-state index is 12.0. The van der Waals surface area contributed by atoms with Crippen LogP contribution in [-0.4, -0.2) is 53.6 Å². The van der Waals surface area contributed by atoms with Crippen LogP contribution in [0.25, 0.3) is 0 Å². The Hall–Kier alpha value is -1.40. The molecule has 19 heavy (non-hydrogen) atoms. The fourth-order valence-corrected chi connectivity index (χ4v) is 2.01. The normalized spacial score (nSPS) is 15.4. The Morgan fingerprint density at radius 2 is 1.95 bits per heavy atom. The summed E-state index contributed by atoms with van der Waals surface area (Å²) in [6, 6.07) is 0. The third-order valence-electron chi connectivity index (χ3n) is 3.04. The molecule has 0 spiro atoms. The number of nitrogens with zero attached hydrogens (tertiary/aromatic N) is 3. The number of aromatic nitrogens is 2. The lowest BCUT2D eigenvalue weighted by atomic mass is 10.3. The van der Waals surface area contributed by atoms with Crippen LogP contribution >= 0.6 is 11.6 Å². The molecule has 6 nitrogen and oxygen atoms in total. The van der Waals surface area contributed by atoms with E-state index in [9.17, 15) is 4.79 Å². The van der Waals surface area contributed by atoms with Crippen LogP contribution in [0.3, 0.4) is 0 Å². The summed E-state index contributed by atoms with van der Waals surface area (Å²) in [6.07, 6.45) is 0. The third-order valence-corrected chi connectivity index (χ3v) is 3.30. The molecule has 1 aliphatic rings. The average molecular weight is 285 g/mol. The molecule has 0 atom stereocenters. The van der Waals surface area contributed by atoms with Crippen LogP contribution in [-0.2, 0) is 9.53 Å². The Bertz CT molecular complexity index is 475. The summed E-state index contributed by atoms with van der Waals surface area (Å²) in [7, 11) is 0. The number of carbonyl (C=O) groups is 1. The monoisotopic (exact) mass is 284 g/mol. The van der Waals surface area contributed by atoms with Gasteiger partial charge in [-0.25, -0.2) is 9.97 Å². The summed E-state index contributed by atoms with van der Waals surface area (Å²) in [4.78, 5) is 22.2. The smallest absolute Gasteiger partial charge is 0.242 e. The molecule has 104 valence electrons. The van der Waals surface area contributed by atoms with Crippen molar-refractivity contribution < 1.29 is 9.53 Å². The van der Waals surface area contributed by atoms with E-state index < -0.39 is 0 Å². The zero-order chi connectivity index (χ0) is 13.8. The third kappa shape index (κ3) is 3.54. The molecule has 2 rings (SSSR count). The number of carbonyl (C=O) groups excluding carboxylic acids is 1. The lowest BCUT2D eigenvalue weighted by Crippen LogP contribution is -2.43. The molecule has 1 saturated heterocycles. The Balaban J connectivity index is 1.94. The minimum atomic E-state index is 0.0133. The molecule has 1 fully saturated rings. The number of aryl methyl sites for hydroxylation is 2. The summed E-state index contributed by atoms with van der Waals surface area (Å²) in [6.45, 7) is 6.31. The second-order valence-corrected chi connectivity index (χ2v) is 4.74. The van der Waals surface area contributed by atoms with Gasteiger partial charge in [-0.3, -0.25) is 4.79 Å². The van der Waals surface area contributed by atoms with Gasteiger partial charge in [0, 0.05) is 13.1 Å². The first-order valence-corrected chi connectivity index (χ1v) is 6.56. The summed E-state index contributed by atoms with van der Waals surface area (Å²) in [5.41, 5.74) is 1.58. The molecule has 0 aromatic carbocycles. The van der Waals surface area contributed by atoms with Gasteiger partial charge < -0.3 is 15.0 Å². The van der Waals surface area contributed by atoms with Crippen molar-refractivity contribution >= 4 is 23.3 Å². The van der Waals surface area contributed by atoms with Crippen molar-refractivity contribution in [3.05, 3.63) is 16.5 Å². The Kier molecular flexibility index (Phi) is 4.55. The average Bonchev–Trinajstić information content (AvgIpc) is 2.42. The summed E-state index contributed by atoms with van der Waals surface area (Å²) >= 11 is 5.99. The molecule has 1 aromatic heterocycles. The van der Waals surface area contributed by atoms with E-state index in [0.29, 0.717) is 32.1 Å². The van der Waals surface area contributed by atoms with Crippen LogP contribution < -0.4 is 5.32 Å². The van der Waals surface area contributed by atoms with Gasteiger partial charge in [0.1, 0.15) is 0 Å². The lowest BCUT2D eigenvalue weighted by Gasteiger charge is -2.27. The molecule has 0 unspecified atom stereocenters. The maximum atomic E-state index is 12.0. The largest absolute Gasteiger partial charge is 0.378 e. The predicted molar refractivity (Wildman–Crippen MR) is 72.4 cm³/mol. The van der Waals surface area contributed by atoms with Crippen LogP contribution in [0.4, 0.5) is 5.82 Å². The Morgan fingerprint density at radius 3 is 2.63 bits per heavy atom. The second-order valence-electron chi connectivity index (χ2n) is 4.38. The molecule has 1 amide bonds. The highest BCUT2D eigenvalue weighted by atomic mass is 35.5. The molecule has 0 radical (unpaired) electrons. The number of hydrogen-bond donors (Lipinski definition) is 1. The van der Waals surface area contributed by atoms with Gasteiger partial charge in [-0.15, -0.1) is 0 Å². The molecule has 0 saturated carbocycles. The summed E-state index contributed by atoms with van der Waals surface area (Å²) in [5.74, 6) is 0.464. The van der Waals surface area contributed by atoms with Gasteiger partial charge in [0.25, 0.3) is 0 Å². The summed E-state index contributed by atoms with van der Waals surface area (Å²) in [5, 5.41) is 3.23. The number of halogens is 1. The number of morpholine rings is 1. The number of nitrogens with one attached hydrogen (secondary N) is 1. The molecule has 1 N–H and O–H groups in total. The van der Waals surface area contributed by atoms with Crippen molar-refractivity contribution in [2.75, 3.05) is 38.2 Å². The fraction of sp³-hybridized carbons (Fsp3) is 0.583. The van der Waals surface area contributed by atoms with E-state index >= 15 is 0 Å². The zero-order valence-corrected chi connectivity index (χ0v) is 11.8. The van der Waals surface area contributed by atoms with Gasteiger partial charge in [-0.1, -0.05) is 11.6 Å². The van der Waals surface area contributed by atoms with Crippen LogP contribution in [0.5, 0.6) is 0 Å². The zero-order valence-electron chi connectivity index (χ0n) is 11.1. The van der Waals surface area contributed by atoms with Crippen molar-refractivity contribution in [1.29, 1.82) is 0 Å². The molecule has 1 aromatic rings. The SMILES string of the molecule is Cc1nc(Cl)c(NCC(=O)N2CCOCC2)nc1C. The molecule has 0 bridgehead atoms. The quantitative estimate of drug-likeness (QED) is 0.897. The minimum absolute atomic E-state index is 0.0133. The van der Waals surface area contributed by atoms with Gasteiger partial charge >= 0.3 is 0 Å². The fourth-order valence-electron chi connectivity index (χ4n) is 1.77. The number of anilines is 1. The van der Waals surface area contributed by atoms with Crippen molar-refractivity contribution in [2.24, 2.45) is 0 Å². The van der Waals surface area contributed by atoms with Crippen LogP contribution in [0.1, 0.15) is 11.4 Å². The van der Waals surface area contributed by atoms with Crippen LogP contribution in [0.2, 0.25) is 5.15 Å². The van der Waals surface area contributed by atoms with Crippen molar-refractivity contribution in [1.82, 2.24) is 14.9 Å². The number of hydrogen-bond acceptors (Lipinski definition) is 5. The van der Waals surface area contributed by atoms with Crippen LogP contribution in [0, 0.1) is 13.8 Å². The van der Waals surface area contributed by atoms with Crippen LogP contribution in [0.15, 0.2) is 0 Å². The Labute approximate surface area is 117 Å². The van der Waals surface area contributed by atoms with Crippen molar-refractivity contribution in [3.63, 3.8) is 0 Å². The van der Waals surface area contributed by atoms with Crippen molar-refractivity contribution in [2.45, 2.75) is 13.8 Å². The minimum Gasteiger partial charge on any atom is -0.378 e. The van der Waals surface area contributed by atoms with Gasteiger partial charge in [0.05, 0.1) is 31.1 Å². The molecular formula is C12H17ClN4O2. The molecule has 1 aliphatic heterocycles. The van der Waals surface area contributed by atoms with E-state index in [0.717, 1.165) is 11.4 Å². The van der Waals surface area contributed by atoms with E-state index in [2.05, 4.69) is 15.3 Å². The van der Waals surface area contributed by atoms with Gasteiger partial charge in [-0.05, 0) is 13.8 Å².